The summed E-state index contributed by atoms with van der Waals surface area (Å²) in [4.78, 5) is 10.9. The van der Waals surface area contributed by atoms with Gasteiger partial charge in [0, 0.05) is 25.2 Å². The van der Waals surface area contributed by atoms with Crippen molar-refractivity contribution in [3.05, 3.63) is 66.0 Å². The zero-order valence-electron chi connectivity index (χ0n) is 15.5. The van der Waals surface area contributed by atoms with Crippen LogP contribution in [0.15, 0.2) is 53.2 Å². The van der Waals surface area contributed by atoms with E-state index in [9.17, 15) is 5.26 Å². The van der Waals surface area contributed by atoms with Crippen LogP contribution in [0.4, 0.5) is 5.82 Å². The third-order valence-electron chi connectivity index (χ3n) is 4.70. The Morgan fingerprint density at radius 2 is 2.00 bits per heavy atom. The monoisotopic (exact) mass is 357 g/mol. The van der Waals surface area contributed by atoms with Gasteiger partial charge in [0.1, 0.15) is 35.4 Å². The van der Waals surface area contributed by atoms with Crippen LogP contribution in [0.3, 0.4) is 0 Å². The van der Waals surface area contributed by atoms with Gasteiger partial charge in [-0.25, -0.2) is 9.97 Å². The van der Waals surface area contributed by atoms with Gasteiger partial charge in [-0.2, -0.15) is 5.26 Å². The summed E-state index contributed by atoms with van der Waals surface area (Å²) >= 11 is 0. The van der Waals surface area contributed by atoms with Crippen molar-refractivity contribution in [2.45, 2.75) is 13.5 Å². The molecule has 3 aromatic heterocycles. The Hall–Kier alpha value is -3.59. The minimum absolute atomic E-state index is 0.618. The molecule has 3 heterocycles. The van der Waals surface area contributed by atoms with E-state index in [0.29, 0.717) is 12.2 Å². The van der Waals surface area contributed by atoms with Crippen molar-refractivity contribution in [1.29, 1.82) is 5.26 Å². The van der Waals surface area contributed by atoms with E-state index < -0.39 is 0 Å². The molecule has 0 aliphatic heterocycles. The number of aromatic nitrogens is 3. The number of rotatable bonds is 4. The molecule has 0 atom stereocenters. The second kappa shape index (κ2) is 6.61. The van der Waals surface area contributed by atoms with Crippen molar-refractivity contribution in [3.63, 3.8) is 0 Å². The SMILES string of the molecule is Cc1ccc(CN(C)c2ncnc3ccc(-c4ccc(C#N)n4C)cc23)o1. The third kappa shape index (κ3) is 3.04. The molecule has 0 fully saturated rings. The van der Waals surface area contributed by atoms with Gasteiger partial charge in [-0.05, 0) is 48.9 Å². The van der Waals surface area contributed by atoms with E-state index in [2.05, 4.69) is 27.0 Å². The van der Waals surface area contributed by atoms with Crippen molar-refractivity contribution in [2.24, 2.45) is 7.05 Å². The lowest BCUT2D eigenvalue weighted by molar-refractivity contribution is 0.481. The zero-order chi connectivity index (χ0) is 19.0. The number of furan rings is 1. The molecule has 4 rings (SSSR count). The summed E-state index contributed by atoms with van der Waals surface area (Å²) in [6.45, 7) is 2.55. The van der Waals surface area contributed by atoms with Gasteiger partial charge in [0.2, 0.25) is 0 Å². The van der Waals surface area contributed by atoms with Crippen LogP contribution < -0.4 is 4.90 Å². The highest BCUT2D eigenvalue weighted by Crippen LogP contribution is 2.29. The van der Waals surface area contributed by atoms with E-state index in [1.165, 1.54) is 0 Å². The normalized spacial score (nSPS) is 10.9. The maximum atomic E-state index is 9.20. The van der Waals surface area contributed by atoms with E-state index >= 15 is 0 Å². The van der Waals surface area contributed by atoms with Crippen LogP contribution in [0.5, 0.6) is 0 Å². The maximum Gasteiger partial charge on any atom is 0.140 e. The van der Waals surface area contributed by atoms with Crippen molar-refractivity contribution in [2.75, 3.05) is 11.9 Å². The summed E-state index contributed by atoms with van der Waals surface area (Å²) in [5, 5.41) is 10.2. The summed E-state index contributed by atoms with van der Waals surface area (Å²) in [6.07, 6.45) is 1.58. The van der Waals surface area contributed by atoms with Crippen molar-refractivity contribution >= 4 is 16.7 Å². The summed E-state index contributed by atoms with van der Waals surface area (Å²) in [5.41, 5.74) is 3.50. The molecule has 6 nitrogen and oxygen atoms in total. The largest absolute Gasteiger partial charge is 0.464 e. The molecule has 0 N–H and O–H groups in total. The highest BCUT2D eigenvalue weighted by atomic mass is 16.3. The molecule has 0 aliphatic rings. The zero-order valence-corrected chi connectivity index (χ0v) is 15.5. The molecule has 0 spiro atoms. The molecule has 0 saturated heterocycles. The Morgan fingerprint density at radius 1 is 1.15 bits per heavy atom. The van der Waals surface area contributed by atoms with Gasteiger partial charge in [0.05, 0.1) is 12.1 Å². The fraction of sp³-hybridized carbons (Fsp3) is 0.190. The van der Waals surface area contributed by atoms with Crippen molar-refractivity contribution in [3.8, 4) is 17.3 Å². The molecule has 6 heteroatoms. The highest BCUT2D eigenvalue weighted by molar-refractivity contribution is 5.92. The summed E-state index contributed by atoms with van der Waals surface area (Å²) in [5.74, 6) is 2.62. The van der Waals surface area contributed by atoms with E-state index in [1.54, 1.807) is 6.33 Å². The fourth-order valence-electron chi connectivity index (χ4n) is 3.30. The number of anilines is 1. The Kier molecular flexibility index (Phi) is 4.13. The van der Waals surface area contributed by atoms with Crippen LogP contribution >= 0.6 is 0 Å². The van der Waals surface area contributed by atoms with Crippen molar-refractivity contribution in [1.82, 2.24) is 14.5 Å². The van der Waals surface area contributed by atoms with Gasteiger partial charge < -0.3 is 13.9 Å². The lowest BCUT2D eigenvalue weighted by Crippen LogP contribution is -2.17. The van der Waals surface area contributed by atoms with E-state index in [1.807, 2.05) is 62.0 Å². The standard InChI is InChI=1S/C21H19N5O/c1-14-4-7-17(27-14)12-25(2)21-18-10-15(5-8-19(18)23-13-24-21)20-9-6-16(11-22)26(20)3/h4-10,13H,12H2,1-3H3. The first-order valence-electron chi connectivity index (χ1n) is 8.64. The number of fused-ring (bicyclic) bond motifs is 1. The predicted molar refractivity (Wildman–Crippen MR) is 104 cm³/mol. The topological polar surface area (TPSA) is 70.9 Å². The summed E-state index contributed by atoms with van der Waals surface area (Å²) in [7, 11) is 3.88. The number of nitriles is 1. The lowest BCUT2D eigenvalue weighted by atomic mass is 10.1. The van der Waals surface area contributed by atoms with Crippen LogP contribution in [0.2, 0.25) is 0 Å². The Balaban J connectivity index is 1.77. The average molecular weight is 357 g/mol. The molecular formula is C21H19N5O. The summed E-state index contributed by atoms with van der Waals surface area (Å²) in [6, 6.07) is 16.0. The van der Waals surface area contributed by atoms with Crippen molar-refractivity contribution < 1.29 is 4.42 Å². The molecular weight excluding hydrogens is 338 g/mol. The quantitative estimate of drug-likeness (QED) is 0.551. The molecule has 0 saturated carbocycles. The van der Waals surface area contributed by atoms with E-state index in [-0.39, 0.29) is 0 Å². The first-order chi connectivity index (χ1) is 13.1. The van der Waals surface area contributed by atoms with Crippen LogP contribution in [-0.2, 0) is 13.6 Å². The number of hydrogen-bond donors (Lipinski definition) is 0. The molecule has 27 heavy (non-hydrogen) atoms. The van der Waals surface area contributed by atoms with Crippen LogP contribution in [0.25, 0.3) is 22.2 Å². The molecule has 134 valence electrons. The van der Waals surface area contributed by atoms with Gasteiger partial charge in [-0.1, -0.05) is 6.07 Å². The van der Waals surface area contributed by atoms with E-state index in [0.717, 1.165) is 39.5 Å². The Labute approximate surface area is 157 Å². The van der Waals surface area contributed by atoms with Crippen LogP contribution in [-0.4, -0.2) is 21.6 Å². The van der Waals surface area contributed by atoms with Crippen LogP contribution in [0, 0.1) is 18.3 Å². The first-order valence-corrected chi connectivity index (χ1v) is 8.64. The van der Waals surface area contributed by atoms with Crippen LogP contribution in [0.1, 0.15) is 17.2 Å². The number of hydrogen-bond acceptors (Lipinski definition) is 5. The second-order valence-corrected chi connectivity index (χ2v) is 6.57. The highest BCUT2D eigenvalue weighted by Gasteiger charge is 2.13. The predicted octanol–water partition coefficient (Wildman–Crippen LogP) is 4.04. The van der Waals surface area contributed by atoms with Gasteiger partial charge in [0.15, 0.2) is 0 Å². The number of benzene rings is 1. The molecule has 0 unspecified atom stereocenters. The molecule has 1 aromatic carbocycles. The summed E-state index contributed by atoms with van der Waals surface area (Å²) < 4.78 is 7.58. The second-order valence-electron chi connectivity index (χ2n) is 6.57. The number of aryl methyl sites for hydroxylation is 1. The molecule has 0 aliphatic carbocycles. The average Bonchev–Trinajstić information content (AvgIpc) is 3.25. The molecule has 0 amide bonds. The first kappa shape index (κ1) is 16.9. The van der Waals surface area contributed by atoms with Gasteiger partial charge in [-0.3, -0.25) is 0 Å². The molecule has 0 bridgehead atoms. The van der Waals surface area contributed by atoms with Gasteiger partial charge in [0.25, 0.3) is 0 Å². The molecule has 0 radical (unpaired) electrons. The lowest BCUT2D eigenvalue weighted by Gasteiger charge is -2.18. The fourth-order valence-corrected chi connectivity index (χ4v) is 3.30. The Bertz CT molecular complexity index is 1160. The number of nitrogens with zero attached hydrogens (tertiary/aromatic N) is 5. The minimum atomic E-state index is 0.618. The maximum absolute atomic E-state index is 9.20. The smallest absolute Gasteiger partial charge is 0.140 e. The minimum Gasteiger partial charge on any atom is -0.464 e. The Morgan fingerprint density at radius 3 is 2.70 bits per heavy atom. The van der Waals surface area contributed by atoms with E-state index in [4.69, 9.17) is 4.42 Å². The molecule has 4 aromatic rings. The third-order valence-corrected chi connectivity index (χ3v) is 4.70. The van der Waals surface area contributed by atoms with Gasteiger partial charge >= 0.3 is 0 Å². The van der Waals surface area contributed by atoms with Gasteiger partial charge in [-0.15, -0.1) is 0 Å².